The predicted molar refractivity (Wildman–Crippen MR) is 85.6 cm³/mol. The lowest BCUT2D eigenvalue weighted by Gasteiger charge is -2.11. The summed E-state index contributed by atoms with van der Waals surface area (Å²) in [6.45, 7) is 1.81. The molecule has 0 radical (unpaired) electrons. The van der Waals surface area contributed by atoms with Crippen molar-refractivity contribution in [2.24, 2.45) is 0 Å². The van der Waals surface area contributed by atoms with Gasteiger partial charge in [0.25, 0.3) is 10.0 Å². The van der Waals surface area contributed by atoms with Gasteiger partial charge in [0, 0.05) is 15.2 Å². The van der Waals surface area contributed by atoms with E-state index in [1.165, 1.54) is 18.2 Å². The van der Waals surface area contributed by atoms with Gasteiger partial charge < -0.3 is 5.73 Å². The standard InChI is InChI=1S/C13H12BrClN2O2S/c1-8-2-4-10(7-12(8)16)20(18,19)17-13-6-9(15)3-5-11(13)14/h2-7,17H,16H2,1H3. The number of anilines is 2. The molecule has 0 aromatic heterocycles. The minimum absolute atomic E-state index is 0.104. The second kappa shape index (κ2) is 5.63. The number of benzene rings is 2. The number of halogens is 2. The van der Waals surface area contributed by atoms with Gasteiger partial charge in [0.15, 0.2) is 0 Å². The van der Waals surface area contributed by atoms with Gasteiger partial charge in [-0.3, -0.25) is 4.72 Å². The van der Waals surface area contributed by atoms with Gasteiger partial charge in [-0.15, -0.1) is 0 Å². The summed E-state index contributed by atoms with van der Waals surface area (Å²) in [6.07, 6.45) is 0. The zero-order chi connectivity index (χ0) is 14.9. The molecule has 2 rings (SSSR count). The zero-order valence-electron chi connectivity index (χ0n) is 10.5. The summed E-state index contributed by atoms with van der Waals surface area (Å²) in [5.41, 5.74) is 7.37. The van der Waals surface area contributed by atoms with Crippen molar-refractivity contribution in [2.75, 3.05) is 10.5 Å². The molecular weight excluding hydrogens is 364 g/mol. The largest absolute Gasteiger partial charge is 0.398 e. The lowest BCUT2D eigenvalue weighted by molar-refractivity contribution is 0.601. The lowest BCUT2D eigenvalue weighted by atomic mass is 10.2. The van der Waals surface area contributed by atoms with E-state index in [2.05, 4.69) is 20.7 Å². The average Bonchev–Trinajstić information content (AvgIpc) is 2.36. The van der Waals surface area contributed by atoms with E-state index in [9.17, 15) is 8.42 Å². The third kappa shape index (κ3) is 3.26. The Morgan fingerprint density at radius 2 is 1.90 bits per heavy atom. The number of rotatable bonds is 3. The molecule has 0 amide bonds. The Hall–Kier alpha value is -1.24. The molecule has 0 aliphatic rings. The van der Waals surface area contributed by atoms with E-state index in [1.54, 1.807) is 18.2 Å². The van der Waals surface area contributed by atoms with Crippen molar-refractivity contribution in [2.45, 2.75) is 11.8 Å². The Morgan fingerprint density at radius 3 is 2.55 bits per heavy atom. The summed E-state index contributed by atoms with van der Waals surface area (Å²) in [5.74, 6) is 0. The second-order valence-corrected chi connectivity index (χ2v) is 7.22. The maximum Gasteiger partial charge on any atom is 0.262 e. The molecule has 2 aromatic carbocycles. The summed E-state index contributed by atoms with van der Waals surface area (Å²) in [4.78, 5) is 0.104. The minimum atomic E-state index is -3.71. The van der Waals surface area contributed by atoms with Crippen LogP contribution in [0.3, 0.4) is 0 Å². The van der Waals surface area contributed by atoms with Crippen LogP contribution in [-0.2, 0) is 10.0 Å². The van der Waals surface area contributed by atoms with Crippen molar-refractivity contribution in [1.82, 2.24) is 0 Å². The second-order valence-electron chi connectivity index (χ2n) is 4.25. The molecule has 0 fully saturated rings. The van der Waals surface area contributed by atoms with Crippen LogP contribution >= 0.6 is 27.5 Å². The van der Waals surface area contributed by atoms with Crippen molar-refractivity contribution in [1.29, 1.82) is 0 Å². The monoisotopic (exact) mass is 374 g/mol. The van der Waals surface area contributed by atoms with Gasteiger partial charge in [0.1, 0.15) is 0 Å². The molecule has 2 aromatic rings. The van der Waals surface area contributed by atoms with Crippen molar-refractivity contribution in [3.05, 3.63) is 51.5 Å². The van der Waals surface area contributed by atoms with Gasteiger partial charge in [-0.1, -0.05) is 17.7 Å². The van der Waals surface area contributed by atoms with Gasteiger partial charge >= 0.3 is 0 Å². The Labute approximate surface area is 131 Å². The molecule has 20 heavy (non-hydrogen) atoms. The molecule has 0 bridgehead atoms. The topological polar surface area (TPSA) is 72.2 Å². The van der Waals surface area contributed by atoms with Crippen molar-refractivity contribution in [3.63, 3.8) is 0 Å². The fourth-order valence-electron chi connectivity index (χ4n) is 1.57. The Morgan fingerprint density at radius 1 is 1.20 bits per heavy atom. The maximum absolute atomic E-state index is 12.3. The predicted octanol–water partition coefficient (Wildman–Crippen LogP) is 3.79. The third-order valence-electron chi connectivity index (χ3n) is 2.73. The van der Waals surface area contributed by atoms with E-state index >= 15 is 0 Å². The van der Waals surface area contributed by atoms with E-state index in [-0.39, 0.29) is 4.90 Å². The van der Waals surface area contributed by atoms with Crippen LogP contribution in [0.5, 0.6) is 0 Å². The molecule has 0 spiro atoms. The van der Waals surface area contributed by atoms with Crippen LogP contribution in [0.25, 0.3) is 0 Å². The maximum atomic E-state index is 12.3. The normalized spacial score (nSPS) is 11.3. The fourth-order valence-corrected chi connectivity index (χ4v) is 3.32. The molecule has 0 aliphatic heterocycles. The highest BCUT2D eigenvalue weighted by Crippen LogP contribution is 2.28. The van der Waals surface area contributed by atoms with Crippen LogP contribution in [-0.4, -0.2) is 8.42 Å². The molecule has 0 saturated carbocycles. The first kappa shape index (κ1) is 15.2. The van der Waals surface area contributed by atoms with E-state index in [0.29, 0.717) is 20.9 Å². The average molecular weight is 376 g/mol. The molecule has 4 nitrogen and oxygen atoms in total. The van der Waals surface area contributed by atoms with E-state index in [4.69, 9.17) is 17.3 Å². The SMILES string of the molecule is Cc1ccc(S(=O)(=O)Nc2cc(Cl)ccc2Br)cc1N. The van der Waals surface area contributed by atoms with Gasteiger partial charge in [-0.2, -0.15) is 0 Å². The van der Waals surface area contributed by atoms with Crippen molar-refractivity contribution < 1.29 is 8.42 Å². The van der Waals surface area contributed by atoms with Crippen LogP contribution < -0.4 is 10.5 Å². The molecule has 0 unspecified atom stereocenters. The Balaban J connectivity index is 2.40. The number of hydrogen-bond donors (Lipinski definition) is 2. The number of aryl methyl sites for hydroxylation is 1. The van der Waals surface area contributed by atoms with Crippen LogP contribution in [0, 0.1) is 6.92 Å². The van der Waals surface area contributed by atoms with Crippen molar-refractivity contribution in [3.8, 4) is 0 Å². The number of sulfonamides is 1. The number of nitrogens with two attached hydrogens (primary N) is 1. The molecule has 0 atom stereocenters. The highest BCUT2D eigenvalue weighted by molar-refractivity contribution is 9.10. The molecule has 7 heteroatoms. The van der Waals surface area contributed by atoms with Crippen LogP contribution in [0.15, 0.2) is 45.8 Å². The first-order valence-electron chi connectivity index (χ1n) is 5.63. The van der Waals surface area contributed by atoms with E-state index in [1.807, 2.05) is 6.92 Å². The van der Waals surface area contributed by atoms with E-state index < -0.39 is 10.0 Å². The van der Waals surface area contributed by atoms with Crippen LogP contribution in [0.1, 0.15) is 5.56 Å². The summed E-state index contributed by atoms with van der Waals surface area (Å²) >= 11 is 9.13. The summed E-state index contributed by atoms with van der Waals surface area (Å²) in [7, 11) is -3.71. The molecule has 0 saturated heterocycles. The molecular formula is C13H12BrClN2O2S. The van der Waals surface area contributed by atoms with Crippen LogP contribution in [0.2, 0.25) is 5.02 Å². The van der Waals surface area contributed by atoms with Gasteiger partial charge in [0.2, 0.25) is 0 Å². The van der Waals surface area contributed by atoms with Gasteiger partial charge in [-0.05, 0) is 58.7 Å². The highest BCUT2D eigenvalue weighted by atomic mass is 79.9. The van der Waals surface area contributed by atoms with E-state index in [0.717, 1.165) is 5.56 Å². The zero-order valence-corrected chi connectivity index (χ0v) is 13.7. The number of nitrogens with one attached hydrogen (secondary N) is 1. The Kier molecular flexibility index (Phi) is 4.27. The first-order chi connectivity index (χ1) is 9.29. The van der Waals surface area contributed by atoms with Gasteiger partial charge in [-0.25, -0.2) is 8.42 Å². The Bertz CT molecular complexity index is 763. The molecule has 106 valence electrons. The lowest BCUT2D eigenvalue weighted by Crippen LogP contribution is -2.13. The fraction of sp³-hybridized carbons (Fsp3) is 0.0769. The summed E-state index contributed by atoms with van der Waals surface area (Å²) in [6, 6.07) is 9.46. The number of hydrogen-bond acceptors (Lipinski definition) is 3. The molecule has 0 aliphatic carbocycles. The van der Waals surface area contributed by atoms with Gasteiger partial charge in [0.05, 0.1) is 10.6 Å². The number of nitrogen functional groups attached to an aromatic ring is 1. The highest BCUT2D eigenvalue weighted by Gasteiger charge is 2.16. The quantitative estimate of drug-likeness (QED) is 0.802. The van der Waals surface area contributed by atoms with Crippen molar-refractivity contribution >= 4 is 48.9 Å². The molecule has 3 N–H and O–H groups in total. The molecule has 0 heterocycles. The summed E-state index contributed by atoms with van der Waals surface area (Å²) < 4.78 is 27.7. The third-order valence-corrected chi connectivity index (χ3v) is 5.02. The summed E-state index contributed by atoms with van der Waals surface area (Å²) in [5, 5.41) is 0.439. The van der Waals surface area contributed by atoms with Crippen LogP contribution in [0.4, 0.5) is 11.4 Å². The smallest absolute Gasteiger partial charge is 0.262 e. The minimum Gasteiger partial charge on any atom is -0.398 e. The first-order valence-corrected chi connectivity index (χ1v) is 8.29.